The van der Waals surface area contributed by atoms with Crippen molar-refractivity contribution in [2.24, 2.45) is 17.8 Å². The minimum Gasteiger partial charge on any atom is -0.285 e. The lowest BCUT2D eigenvalue weighted by Gasteiger charge is -2.18. The minimum atomic E-state index is 0.525. The third-order valence-corrected chi connectivity index (χ3v) is 5.22. The van der Waals surface area contributed by atoms with Crippen LogP contribution in [0.15, 0.2) is 18.6 Å². The predicted molar refractivity (Wildman–Crippen MR) is 122 cm³/mol. The van der Waals surface area contributed by atoms with E-state index >= 15 is 0 Å². The van der Waals surface area contributed by atoms with Gasteiger partial charge in [0.05, 0.1) is 17.1 Å². The summed E-state index contributed by atoms with van der Waals surface area (Å²) < 4.78 is 5.78. The predicted octanol–water partition coefficient (Wildman–Crippen LogP) is 3.02. The molecular weight excluding hydrogens is 404 g/mol. The fourth-order valence-electron chi connectivity index (χ4n) is 3.55. The molecule has 0 amide bonds. The van der Waals surface area contributed by atoms with Crippen molar-refractivity contribution in [2.45, 2.75) is 87.2 Å². The Kier molecular flexibility index (Phi) is 8.49. The van der Waals surface area contributed by atoms with E-state index in [1.165, 1.54) is 0 Å². The summed E-state index contributed by atoms with van der Waals surface area (Å²) in [5.41, 5.74) is 2.82. The van der Waals surface area contributed by atoms with E-state index < -0.39 is 0 Å². The zero-order valence-electron chi connectivity index (χ0n) is 20.4. The van der Waals surface area contributed by atoms with Gasteiger partial charge in [-0.15, -0.1) is 15.3 Å². The zero-order valence-corrected chi connectivity index (χ0v) is 20.4. The van der Waals surface area contributed by atoms with Crippen LogP contribution in [-0.2, 0) is 39.3 Å². The van der Waals surface area contributed by atoms with Gasteiger partial charge in [-0.2, -0.15) is 0 Å². The van der Waals surface area contributed by atoms with Crippen molar-refractivity contribution in [2.75, 3.05) is 0 Å². The van der Waals surface area contributed by atoms with Crippen LogP contribution in [-0.4, -0.2) is 49.9 Å². The van der Waals surface area contributed by atoms with Gasteiger partial charge < -0.3 is 0 Å². The van der Waals surface area contributed by atoms with Gasteiger partial charge in [0.2, 0.25) is 0 Å². The SMILES string of the molecule is CCC(C)Cn1cc(CN(Cc2cn(CC(C)C)nn2)Cc2cn(CC(C)C)nn2)nn1. The van der Waals surface area contributed by atoms with Crippen molar-refractivity contribution in [3.05, 3.63) is 35.7 Å². The van der Waals surface area contributed by atoms with Crippen molar-refractivity contribution in [1.29, 1.82) is 0 Å². The Hall–Kier alpha value is -2.62. The van der Waals surface area contributed by atoms with Crippen LogP contribution in [0.3, 0.4) is 0 Å². The molecule has 0 N–H and O–H groups in total. The second-order valence-corrected chi connectivity index (χ2v) is 9.74. The normalized spacial score (nSPS) is 13.0. The third kappa shape index (κ3) is 7.51. The third-order valence-electron chi connectivity index (χ3n) is 5.22. The summed E-state index contributed by atoms with van der Waals surface area (Å²) in [5.74, 6) is 1.63. The summed E-state index contributed by atoms with van der Waals surface area (Å²) in [6.45, 7) is 17.7. The standard InChI is InChI=1S/C22H38N10/c1-7-19(6)10-32-16-22(25-28-32)13-29(11-20-14-30(26-23-20)8-17(2)3)12-21-15-31(27-24-21)9-18(4)5/h14-19H,7-13H2,1-6H3. The van der Waals surface area contributed by atoms with Gasteiger partial charge in [-0.1, -0.05) is 63.6 Å². The van der Waals surface area contributed by atoms with Gasteiger partial charge in [0.1, 0.15) is 0 Å². The van der Waals surface area contributed by atoms with Gasteiger partial charge in [0.15, 0.2) is 0 Å². The monoisotopic (exact) mass is 442 g/mol. The van der Waals surface area contributed by atoms with E-state index in [1.807, 2.05) is 32.6 Å². The lowest BCUT2D eigenvalue weighted by atomic mass is 10.1. The van der Waals surface area contributed by atoms with Gasteiger partial charge in [-0.25, -0.2) is 0 Å². The Morgan fingerprint density at radius 2 is 1.03 bits per heavy atom. The van der Waals surface area contributed by atoms with Crippen LogP contribution in [0.25, 0.3) is 0 Å². The average Bonchev–Trinajstić information content (AvgIpc) is 3.44. The summed E-state index contributed by atoms with van der Waals surface area (Å²) in [6, 6.07) is 0. The highest BCUT2D eigenvalue weighted by Gasteiger charge is 2.16. The summed E-state index contributed by atoms with van der Waals surface area (Å²) in [4.78, 5) is 2.27. The molecule has 0 aromatic carbocycles. The summed E-state index contributed by atoms with van der Waals surface area (Å²) in [5, 5.41) is 26.1. The molecule has 3 aromatic rings. The van der Waals surface area contributed by atoms with Crippen molar-refractivity contribution in [1.82, 2.24) is 49.9 Å². The molecule has 1 unspecified atom stereocenters. The Bertz CT molecular complexity index is 888. The van der Waals surface area contributed by atoms with Crippen LogP contribution < -0.4 is 0 Å². The van der Waals surface area contributed by atoms with E-state index in [0.29, 0.717) is 37.4 Å². The minimum absolute atomic E-state index is 0.525. The molecule has 176 valence electrons. The van der Waals surface area contributed by atoms with Crippen molar-refractivity contribution < 1.29 is 0 Å². The maximum atomic E-state index is 4.40. The molecule has 3 rings (SSSR count). The quantitative estimate of drug-likeness (QED) is 0.401. The van der Waals surface area contributed by atoms with E-state index in [2.05, 4.69) is 77.4 Å². The molecule has 10 nitrogen and oxygen atoms in total. The van der Waals surface area contributed by atoms with Crippen LogP contribution in [0.2, 0.25) is 0 Å². The van der Waals surface area contributed by atoms with Crippen LogP contribution in [0.1, 0.15) is 65.0 Å². The molecule has 0 bridgehead atoms. The highest BCUT2D eigenvalue weighted by Crippen LogP contribution is 2.12. The topological polar surface area (TPSA) is 95.4 Å². The molecule has 0 fully saturated rings. The van der Waals surface area contributed by atoms with E-state index in [9.17, 15) is 0 Å². The molecule has 1 atom stereocenters. The number of hydrogen-bond acceptors (Lipinski definition) is 7. The Morgan fingerprint density at radius 1 is 0.656 bits per heavy atom. The zero-order chi connectivity index (χ0) is 23.1. The second-order valence-electron chi connectivity index (χ2n) is 9.74. The maximum Gasteiger partial charge on any atom is 0.0967 e. The Morgan fingerprint density at radius 3 is 1.38 bits per heavy atom. The van der Waals surface area contributed by atoms with Crippen molar-refractivity contribution in [3.8, 4) is 0 Å². The largest absolute Gasteiger partial charge is 0.285 e. The van der Waals surface area contributed by atoms with E-state index in [0.717, 1.165) is 43.1 Å². The van der Waals surface area contributed by atoms with E-state index in [1.54, 1.807) is 0 Å². The van der Waals surface area contributed by atoms with E-state index in [4.69, 9.17) is 0 Å². The number of aromatic nitrogens is 9. The smallest absolute Gasteiger partial charge is 0.0967 e. The molecule has 0 aliphatic carbocycles. The second kappa shape index (κ2) is 11.3. The highest BCUT2D eigenvalue weighted by atomic mass is 15.4. The van der Waals surface area contributed by atoms with Crippen molar-refractivity contribution >= 4 is 0 Å². The van der Waals surface area contributed by atoms with Crippen LogP contribution in [0.5, 0.6) is 0 Å². The van der Waals surface area contributed by atoms with Gasteiger partial charge in [-0.3, -0.25) is 18.9 Å². The number of rotatable bonds is 13. The first kappa shape index (κ1) is 24.0. The number of hydrogen-bond donors (Lipinski definition) is 0. The van der Waals surface area contributed by atoms with Gasteiger partial charge in [-0.05, 0) is 17.8 Å². The molecular formula is C22H38N10. The molecule has 0 aliphatic rings. The first-order valence-electron chi connectivity index (χ1n) is 11.7. The lowest BCUT2D eigenvalue weighted by Crippen LogP contribution is -2.23. The first-order chi connectivity index (χ1) is 15.3. The van der Waals surface area contributed by atoms with Gasteiger partial charge in [0.25, 0.3) is 0 Å². The summed E-state index contributed by atoms with van der Waals surface area (Å²) >= 11 is 0. The molecule has 0 saturated heterocycles. The molecule has 0 saturated carbocycles. The Labute approximate surface area is 191 Å². The van der Waals surface area contributed by atoms with Crippen LogP contribution in [0.4, 0.5) is 0 Å². The fraction of sp³-hybridized carbons (Fsp3) is 0.727. The number of nitrogens with zero attached hydrogens (tertiary/aromatic N) is 10. The molecule has 32 heavy (non-hydrogen) atoms. The fourth-order valence-corrected chi connectivity index (χ4v) is 3.55. The van der Waals surface area contributed by atoms with Gasteiger partial charge >= 0.3 is 0 Å². The summed E-state index contributed by atoms with van der Waals surface area (Å²) in [6.07, 6.45) is 7.23. The lowest BCUT2D eigenvalue weighted by molar-refractivity contribution is 0.238. The van der Waals surface area contributed by atoms with E-state index in [-0.39, 0.29) is 0 Å². The summed E-state index contributed by atoms with van der Waals surface area (Å²) in [7, 11) is 0. The molecule has 3 heterocycles. The average molecular weight is 443 g/mol. The van der Waals surface area contributed by atoms with Crippen molar-refractivity contribution in [3.63, 3.8) is 0 Å². The molecule has 0 spiro atoms. The first-order valence-corrected chi connectivity index (χ1v) is 11.7. The Balaban J connectivity index is 1.71. The molecule has 0 radical (unpaired) electrons. The molecule has 3 aromatic heterocycles. The molecule has 0 aliphatic heterocycles. The van der Waals surface area contributed by atoms with Crippen LogP contribution >= 0.6 is 0 Å². The maximum absolute atomic E-state index is 4.40. The van der Waals surface area contributed by atoms with Crippen LogP contribution in [0, 0.1) is 17.8 Å². The molecule has 10 heteroatoms. The highest BCUT2D eigenvalue weighted by molar-refractivity contribution is 5.00. The van der Waals surface area contributed by atoms with Gasteiger partial charge in [0, 0.05) is 57.9 Å².